The van der Waals surface area contributed by atoms with E-state index in [-0.39, 0.29) is 6.54 Å². The number of para-hydroxylation sites is 1. The zero-order valence-electron chi connectivity index (χ0n) is 16.5. The second-order valence-corrected chi connectivity index (χ2v) is 7.92. The molecule has 0 unspecified atom stereocenters. The Hall–Kier alpha value is -3.42. The summed E-state index contributed by atoms with van der Waals surface area (Å²) < 4.78 is 5.28. The van der Waals surface area contributed by atoms with E-state index in [1.165, 1.54) is 4.90 Å². The molecule has 0 bridgehead atoms. The van der Waals surface area contributed by atoms with Gasteiger partial charge in [-0.15, -0.1) is 0 Å². The largest absolute Gasteiger partial charge is 0.444 e. The fourth-order valence-corrected chi connectivity index (χ4v) is 3.43. The number of alkyl carbamates (subject to hydrolysis) is 1. The van der Waals surface area contributed by atoms with Crippen LogP contribution in [-0.2, 0) is 21.6 Å². The van der Waals surface area contributed by atoms with E-state index in [2.05, 4.69) is 5.32 Å². The quantitative estimate of drug-likeness (QED) is 0.616. The minimum atomic E-state index is -1.84. The van der Waals surface area contributed by atoms with Crippen LogP contribution >= 0.6 is 0 Å². The Morgan fingerprint density at radius 3 is 2.38 bits per heavy atom. The highest BCUT2D eigenvalue weighted by atomic mass is 16.6. The molecular formula is C21H23N3O5. The van der Waals surface area contributed by atoms with Crippen molar-refractivity contribution in [2.24, 2.45) is 0 Å². The fourth-order valence-electron chi connectivity index (χ4n) is 3.43. The van der Waals surface area contributed by atoms with Crippen LogP contribution in [0, 0.1) is 10.1 Å². The molecule has 0 radical (unpaired) electrons. The topological polar surface area (TPSA) is 102 Å². The normalized spacial score (nSPS) is 18.3. The lowest BCUT2D eigenvalue weighted by Gasteiger charge is -2.28. The lowest BCUT2D eigenvalue weighted by atomic mass is 9.91. The molecule has 1 heterocycles. The van der Waals surface area contributed by atoms with Gasteiger partial charge in [-0.3, -0.25) is 20.2 Å². The van der Waals surface area contributed by atoms with Crippen LogP contribution in [0.1, 0.15) is 31.9 Å². The predicted octanol–water partition coefficient (Wildman–Crippen LogP) is 3.23. The first-order chi connectivity index (χ1) is 13.6. The molecule has 8 heteroatoms. The number of fused-ring (bicyclic) bond motifs is 1. The summed E-state index contributed by atoms with van der Waals surface area (Å²) >= 11 is 0. The number of carbonyl (C=O) groups is 2. The third kappa shape index (κ3) is 4.21. The minimum absolute atomic E-state index is 0.228. The Balaban J connectivity index is 2.04. The minimum Gasteiger partial charge on any atom is -0.444 e. The zero-order valence-corrected chi connectivity index (χ0v) is 16.5. The molecule has 0 aliphatic carbocycles. The van der Waals surface area contributed by atoms with Gasteiger partial charge in [-0.05, 0) is 32.4 Å². The number of benzene rings is 2. The molecule has 1 atom stereocenters. The SMILES string of the molecule is CC(C)(C)OC(=O)N[C@]1(C[N+](=O)[O-])C(=O)N(Cc2ccccc2)c2ccccc21. The average molecular weight is 397 g/mol. The smallest absolute Gasteiger partial charge is 0.408 e. The van der Waals surface area contributed by atoms with Crippen LogP contribution in [0.15, 0.2) is 54.6 Å². The standard InChI is InChI=1S/C21H23N3O5/c1-20(2,3)29-19(26)22-21(14-24(27)28)16-11-7-8-12-17(16)23(18(21)25)13-15-9-5-4-6-10-15/h4-12H,13-14H2,1-3H3,(H,22,26)/t21-/m0/s1. The lowest BCUT2D eigenvalue weighted by molar-refractivity contribution is -0.488. The highest BCUT2D eigenvalue weighted by molar-refractivity contribution is 6.09. The van der Waals surface area contributed by atoms with E-state index in [0.29, 0.717) is 11.3 Å². The highest BCUT2D eigenvalue weighted by Crippen LogP contribution is 2.41. The van der Waals surface area contributed by atoms with E-state index in [0.717, 1.165) is 5.56 Å². The van der Waals surface area contributed by atoms with Crippen molar-refractivity contribution in [3.8, 4) is 0 Å². The zero-order chi connectivity index (χ0) is 21.2. The van der Waals surface area contributed by atoms with Gasteiger partial charge in [0.2, 0.25) is 12.1 Å². The average Bonchev–Trinajstić information content (AvgIpc) is 2.83. The van der Waals surface area contributed by atoms with Gasteiger partial charge in [-0.25, -0.2) is 4.79 Å². The van der Waals surface area contributed by atoms with Crippen LogP contribution in [0.4, 0.5) is 10.5 Å². The predicted molar refractivity (Wildman–Crippen MR) is 107 cm³/mol. The number of amides is 2. The maximum absolute atomic E-state index is 13.5. The first-order valence-electron chi connectivity index (χ1n) is 9.21. The number of hydrogen-bond donors (Lipinski definition) is 1. The first-order valence-corrected chi connectivity index (χ1v) is 9.21. The van der Waals surface area contributed by atoms with Crippen molar-refractivity contribution < 1.29 is 19.2 Å². The summed E-state index contributed by atoms with van der Waals surface area (Å²) in [5, 5.41) is 14.0. The van der Waals surface area contributed by atoms with Crippen LogP contribution in [-0.4, -0.2) is 29.1 Å². The molecule has 0 saturated heterocycles. The molecule has 0 saturated carbocycles. The van der Waals surface area contributed by atoms with Crippen LogP contribution in [0.2, 0.25) is 0 Å². The van der Waals surface area contributed by atoms with Gasteiger partial charge in [0.25, 0.3) is 5.91 Å². The summed E-state index contributed by atoms with van der Waals surface area (Å²) in [7, 11) is 0. The Morgan fingerprint density at radius 1 is 1.14 bits per heavy atom. The molecule has 8 nitrogen and oxygen atoms in total. The van der Waals surface area contributed by atoms with E-state index >= 15 is 0 Å². The number of hydrogen-bond acceptors (Lipinski definition) is 5. The summed E-state index contributed by atoms with van der Waals surface area (Å²) in [6, 6.07) is 16.1. The van der Waals surface area contributed by atoms with Gasteiger partial charge >= 0.3 is 6.09 Å². The van der Waals surface area contributed by atoms with Crippen LogP contribution in [0.25, 0.3) is 0 Å². The number of nitrogens with one attached hydrogen (secondary N) is 1. The maximum atomic E-state index is 13.5. The molecule has 3 rings (SSSR count). The number of nitrogens with zero attached hydrogens (tertiary/aromatic N) is 2. The third-order valence-electron chi connectivity index (χ3n) is 4.53. The molecular weight excluding hydrogens is 374 g/mol. The monoisotopic (exact) mass is 397 g/mol. The Bertz CT molecular complexity index is 939. The van der Waals surface area contributed by atoms with E-state index in [1.807, 2.05) is 30.3 Å². The molecule has 1 aliphatic rings. The van der Waals surface area contributed by atoms with Gasteiger partial charge in [-0.2, -0.15) is 0 Å². The highest BCUT2D eigenvalue weighted by Gasteiger charge is 2.56. The van der Waals surface area contributed by atoms with E-state index in [1.54, 1.807) is 45.0 Å². The van der Waals surface area contributed by atoms with Gasteiger partial charge in [0.15, 0.2) is 0 Å². The Morgan fingerprint density at radius 2 is 1.76 bits per heavy atom. The van der Waals surface area contributed by atoms with Gasteiger partial charge < -0.3 is 9.64 Å². The molecule has 1 aliphatic heterocycles. The summed E-state index contributed by atoms with van der Waals surface area (Å²) in [5.41, 5.74) is -0.880. The molecule has 2 aromatic rings. The van der Waals surface area contributed by atoms with Gasteiger partial charge in [-0.1, -0.05) is 48.5 Å². The first kappa shape index (κ1) is 20.3. The van der Waals surface area contributed by atoms with E-state index < -0.39 is 34.6 Å². The molecule has 2 aromatic carbocycles. The van der Waals surface area contributed by atoms with Crippen molar-refractivity contribution in [1.29, 1.82) is 0 Å². The summed E-state index contributed by atoms with van der Waals surface area (Å²) in [6.07, 6.45) is -0.885. The van der Waals surface area contributed by atoms with Crippen molar-refractivity contribution in [3.05, 3.63) is 75.8 Å². The number of ether oxygens (including phenoxy) is 1. The third-order valence-corrected chi connectivity index (χ3v) is 4.53. The molecule has 0 aromatic heterocycles. The molecule has 29 heavy (non-hydrogen) atoms. The van der Waals surface area contributed by atoms with Crippen LogP contribution in [0.5, 0.6) is 0 Å². The molecule has 1 N–H and O–H groups in total. The maximum Gasteiger partial charge on any atom is 0.408 e. The second-order valence-electron chi connectivity index (χ2n) is 7.92. The summed E-state index contributed by atoms with van der Waals surface area (Å²) in [6.45, 7) is 4.48. The van der Waals surface area contributed by atoms with E-state index in [4.69, 9.17) is 4.74 Å². The fraction of sp³-hybridized carbons (Fsp3) is 0.333. The number of anilines is 1. The van der Waals surface area contributed by atoms with Crippen LogP contribution < -0.4 is 10.2 Å². The van der Waals surface area contributed by atoms with Crippen molar-refractivity contribution >= 4 is 17.7 Å². The van der Waals surface area contributed by atoms with Gasteiger partial charge in [0.1, 0.15) is 5.60 Å². The van der Waals surface area contributed by atoms with Gasteiger partial charge in [0, 0.05) is 10.5 Å². The van der Waals surface area contributed by atoms with Gasteiger partial charge in [0.05, 0.1) is 12.2 Å². The van der Waals surface area contributed by atoms with Crippen molar-refractivity contribution in [2.75, 3.05) is 11.4 Å². The van der Waals surface area contributed by atoms with Crippen LogP contribution in [0.3, 0.4) is 0 Å². The Kier molecular flexibility index (Phi) is 5.28. The summed E-state index contributed by atoms with van der Waals surface area (Å²) in [5.74, 6) is -0.565. The summed E-state index contributed by atoms with van der Waals surface area (Å²) in [4.78, 5) is 38.3. The van der Waals surface area contributed by atoms with E-state index in [9.17, 15) is 19.7 Å². The second kappa shape index (κ2) is 7.54. The molecule has 0 fully saturated rings. The molecule has 2 amide bonds. The van der Waals surface area contributed by atoms with Crippen molar-refractivity contribution in [3.63, 3.8) is 0 Å². The number of nitro groups is 1. The van der Waals surface area contributed by atoms with Crippen molar-refractivity contribution in [1.82, 2.24) is 5.32 Å². The Labute approximate surface area is 168 Å². The molecule has 152 valence electrons. The lowest BCUT2D eigenvalue weighted by Crippen LogP contribution is -2.57. The number of rotatable bonds is 5. The number of carbonyl (C=O) groups excluding carboxylic acids is 2. The van der Waals surface area contributed by atoms with Crippen molar-refractivity contribution in [2.45, 2.75) is 38.5 Å². The molecule has 0 spiro atoms.